The molecule has 0 atom stereocenters. The predicted octanol–water partition coefficient (Wildman–Crippen LogP) is 13.6. The number of para-hydroxylation sites is 3. The van der Waals surface area contributed by atoms with Crippen molar-refractivity contribution in [2.24, 2.45) is 0 Å². The van der Waals surface area contributed by atoms with Crippen molar-refractivity contribution in [2.45, 2.75) is 98.3 Å². The topological polar surface area (TPSA) is 11.4 Å². The fourth-order valence-corrected chi connectivity index (χ4v) is 12.5. The number of aryl methyl sites for hydroxylation is 4. The Morgan fingerprint density at radius 3 is 1.86 bits per heavy atom. The molecule has 0 spiro atoms. The van der Waals surface area contributed by atoms with Gasteiger partial charge in [-0.15, -0.1) is 0 Å². The smallest absolute Gasteiger partial charge is 0.252 e. The summed E-state index contributed by atoms with van der Waals surface area (Å²) >= 11 is 0. The van der Waals surface area contributed by atoms with E-state index in [0.29, 0.717) is 0 Å². The normalized spacial score (nSPS) is 16.6. The summed E-state index contributed by atoms with van der Waals surface area (Å²) in [7, 11) is 0. The molecule has 12 rings (SSSR count). The van der Waals surface area contributed by atoms with Crippen molar-refractivity contribution in [1.29, 1.82) is 0 Å². The van der Waals surface area contributed by atoms with Crippen molar-refractivity contribution in [3.63, 3.8) is 0 Å². The quantitative estimate of drug-likeness (QED) is 0.164. The van der Waals surface area contributed by atoms with Crippen LogP contribution in [0.15, 0.2) is 133 Å². The fraction of sp³-hybridized carbons (Fsp3) is 0.254. The molecule has 0 saturated heterocycles. The minimum absolute atomic E-state index is 0.0548. The monoisotopic (exact) mass is 817 g/mol. The van der Waals surface area contributed by atoms with Crippen molar-refractivity contribution in [3.8, 4) is 16.8 Å². The van der Waals surface area contributed by atoms with Gasteiger partial charge in [0, 0.05) is 67.4 Å². The van der Waals surface area contributed by atoms with Crippen LogP contribution in [0, 0.1) is 27.7 Å². The molecule has 0 bridgehead atoms. The van der Waals surface area contributed by atoms with E-state index in [1.165, 1.54) is 130 Å². The molecule has 8 aromatic rings. The van der Waals surface area contributed by atoms with Gasteiger partial charge in [-0.2, -0.15) is 0 Å². The molecule has 7 aromatic carbocycles. The molecular weight excluding hydrogens is 761 g/mol. The van der Waals surface area contributed by atoms with Crippen LogP contribution in [0.25, 0.3) is 27.7 Å². The van der Waals surface area contributed by atoms with E-state index >= 15 is 0 Å². The summed E-state index contributed by atoms with van der Waals surface area (Å²) in [5, 5.41) is 1.36. The zero-order valence-corrected chi connectivity index (χ0v) is 38.5. The molecule has 3 nitrogen and oxygen atoms in total. The lowest BCUT2D eigenvalue weighted by atomic mass is 9.33. The maximum absolute atomic E-state index is 2.70. The van der Waals surface area contributed by atoms with Crippen LogP contribution < -0.4 is 26.2 Å². The van der Waals surface area contributed by atoms with Gasteiger partial charge in [-0.1, -0.05) is 133 Å². The van der Waals surface area contributed by atoms with Crippen molar-refractivity contribution in [1.82, 2.24) is 4.57 Å². The standard InChI is InChI=1S/C59H56BN3/c1-35-30-51-54-52(31-35)63-55-41(53-40-20-13-14-22-42(40)59(9,10)56(53)63)21-17-23-46(55)60(54)45-27-26-39(61(47-24-15-11-18-36(47)2)48-25-16-12-19-37(48)3)33-50(45)62(51)49-34-44-43(32-38(49)4)57(5,6)28-29-58(44,7)8/h11-27,30-34H,28-29H2,1-10H3. The van der Waals surface area contributed by atoms with E-state index < -0.39 is 0 Å². The third-order valence-electron chi connectivity index (χ3n) is 15.8. The van der Waals surface area contributed by atoms with Crippen LogP contribution in [-0.2, 0) is 16.2 Å². The number of benzene rings is 7. The van der Waals surface area contributed by atoms with Gasteiger partial charge in [-0.05, 0) is 155 Å². The average molecular weight is 818 g/mol. The number of nitrogens with zero attached hydrogens (tertiary/aromatic N) is 3. The van der Waals surface area contributed by atoms with Crippen molar-refractivity contribution >= 4 is 68.1 Å². The first-order chi connectivity index (χ1) is 30.2. The Kier molecular flexibility index (Phi) is 7.88. The number of hydrogen-bond acceptors (Lipinski definition) is 2. The maximum Gasteiger partial charge on any atom is 0.252 e. The van der Waals surface area contributed by atoms with Crippen LogP contribution >= 0.6 is 0 Å². The first kappa shape index (κ1) is 38.4. The van der Waals surface area contributed by atoms with E-state index in [2.05, 4.69) is 217 Å². The average Bonchev–Trinajstić information content (AvgIpc) is 3.73. The number of anilines is 6. The zero-order chi connectivity index (χ0) is 43.5. The molecule has 1 aromatic heterocycles. The van der Waals surface area contributed by atoms with Gasteiger partial charge in [0.1, 0.15) is 0 Å². The summed E-state index contributed by atoms with van der Waals surface area (Å²) in [5.74, 6) is 0. The summed E-state index contributed by atoms with van der Waals surface area (Å²) < 4.78 is 2.70. The molecule has 310 valence electrons. The maximum atomic E-state index is 2.70. The molecule has 0 amide bonds. The second kappa shape index (κ2) is 12.9. The number of fused-ring (bicyclic) bond motifs is 10. The van der Waals surface area contributed by atoms with Gasteiger partial charge < -0.3 is 14.4 Å². The molecule has 4 aliphatic rings. The predicted molar refractivity (Wildman–Crippen MR) is 269 cm³/mol. The van der Waals surface area contributed by atoms with Gasteiger partial charge in [0.2, 0.25) is 0 Å². The molecular formula is C59H56BN3. The van der Waals surface area contributed by atoms with E-state index in [9.17, 15) is 0 Å². The van der Waals surface area contributed by atoms with E-state index in [4.69, 9.17) is 0 Å². The van der Waals surface area contributed by atoms with E-state index in [0.717, 1.165) is 5.69 Å². The number of hydrogen-bond donors (Lipinski definition) is 0. The molecule has 0 radical (unpaired) electrons. The van der Waals surface area contributed by atoms with E-state index in [1.54, 1.807) is 0 Å². The summed E-state index contributed by atoms with van der Waals surface area (Å²) in [6, 6.07) is 51.5. The second-order valence-corrected chi connectivity index (χ2v) is 21.1. The summed E-state index contributed by atoms with van der Waals surface area (Å²) in [6.45, 7) is 23.9. The molecule has 63 heavy (non-hydrogen) atoms. The fourth-order valence-electron chi connectivity index (χ4n) is 12.5. The lowest BCUT2D eigenvalue weighted by molar-refractivity contribution is 0.332. The Morgan fingerprint density at radius 2 is 1.16 bits per heavy atom. The molecule has 0 unspecified atom stereocenters. The Bertz CT molecular complexity index is 3240. The summed E-state index contributed by atoms with van der Waals surface area (Å²) in [4.78, 5) is 5.17. The van der Waals surface area contributed by atoms with Gasteiger partial charge in [-0.25, -0.2) is 0 Å². The van der Waals surface area contributed by atoms with Crippen LogP contribution in [0.3, 0.4) is 0 Å². The van der Waals surface area contributed by atoms with Crippen LogP contribution in [0.2, 0.25) is 0 Å². The highest BCUT2D eigenvalue weighted by atomic mass is 15.2. The first-order valence-corrected chi connectivity index (χ1v) is 23.1. The van der Waals surface area contributed by atoms with Gasteiger partial charge in [0.25, 0.3) is 6.71 Å². The van der Waals surface area contributed by atoms with Crippen LogP contribution in [0.1, 0.15) is 99.0 Å². The van der Waals surface area contributed by atoms with Crippen LogP contribution in [-0.4, -0.2) is 11.3 Å². The summed E-state index contributed by atoms with van der Waals surface area (Å²) in [5.41, 5.74) is 27.8. The highest BCUT2D eigenvalue weighted by Gasteiger charge is 2.48. The first-order valence-electron chi connectivity index (χ1n) is 23.1. The molecule has 0 N–H and O–H groups in total. The lowest BCUT2D eigenvalue weighted by Gasteiger charge is -2.45. The minimum atomic E-state index is -0.172. The molecule has 0 fully saturated rings. The third kappa shape index (κ3) is 5.15. The van der Waals surface area contributed by atoms with Crippen LogP contribution in [0.5, 0.6) is 0 Å². The second-order valence-electron chi connectivity index (χ2n) is 21.1. The Morgan fingerprint density at radius 1 is 0.524 bits per heavy atom. The van der Waals surface area contributed by atoms with Gasteiger partial charge in [0.15, 0.2) is 0 Å². The van der Waals surface area contributed by atoms with Crippen molar-refractivity contribution in [2.75, 3.05) is 9.80 Å². The third-order valence-corrected chi connectivity index (χ3v) is 15.8. The van der Waals surface area contributed by atoms with E-state index in [-0.39, 0.29) is 23.0 Å². The molecule has 2 aliphatic carbocycles. The molecule has 3 heterocycles. The van der Waals surface area contributed by atoms with Gasteiger partial charge in [0.05, 0.1) is 0 Å². The van der Waals surface area contributed by atoms with Crippen molar-refractivity contribution < 1.29 is 0 Å². The minimum Gasteiger partial charge on any atom is -0.313 e. The van der Waals surface area contributed by atoms with Gasteiger partial charge >= 0.3 is 0 Å². The highest BCUT2D eigenvalue weighted by Crippen LogP contribution is 2.55. The Hall–Kier alpha value is -6.26. The van der Waals surface area contributed by atoms with Crippen LogP contribution in [0.4, 0.5) is 34.1 Å². The largest absolute Gasteiger partial charge is 0.313 e. The Labute approximate surface area is 374 Å². The zero-order valence-electron chi connectivity index (χ0n) is 38.5. The molecule has 2 aliphatic heterocycles. The van der Waals surface area contributed by atoms with Crippen molar-refractivity contribution in [3.05, 3.63) is 178 Å². The molecule has 4 heteroatoms. The van der Waals surface area contributed by atoms with Gasteiger partial charge in [-0.3, -0.25) is 0 Å². The Balaban J connectivity index is 1.20. The SMILES string of the molecule is Cc1cc2c3c(c1)-n1c4c(c5cccc(c51)B3c1ccc(N(c3ccccc3C)c3ccccc3C)cc1N2c1cc2c(cc1C)C(C)(C)CCC2(C)C)-c1ccccc1C4(C)C. The summed E-state index contributed by atoms with van der Waals surface area (Å²) in [6.07, 6.45) is 2.36. The lowest BCUT2D eigenvalue weighted by Crippen LogP contribution is -2.60. The number of aromatic nitrogens is 1. The van der Waals surface area contributed by atoms with E-state index in [1.807, 2.05) is 0 Å². The molecule has 0 saturated carbocycles. The number of rotatable bonds is 4. The highest BCUT2D eigenvalue weighted by molar-refractivity contribution is 7.00.